The Morgan fingerprint density at radius 2 is 1.74 bits per heavy atom. The van der Waals surface area contributed by atoms with Crippen molar-refractivity contribution in [3.63, 3.8) is 0 Å². The van der Waals surface area contributed by atoms with Crippen molar-refractivity contribution in [2.45, 2.75) is 46.0 Å². The highest BCUT2D eigenvalue weighted by Gasteiger charge is 2.10. The highest BCUT2D eigenvalue weighted by Crippen LogP contribution is 2.30. The highest BCUT2D eigenvalue weighted by molar-refractivity contribution is 5.90. The second kappa shape index (κ2) is 6.60. The number of unbranched alkanes of at least 4 members (excludes halogenated alkanes) is 1. The van der Waals surface area contributed by atoms with Gasteiger partial charge >= 0.3 is 0 Å². The molecule has 0 saturated heterocycles. The average Bonchev–Trinajstić information content (AvgIpc) is 2.46. The summed E-state index contributed by atoms with van der Waals surface area (Å²) in [7, 11) is 0. The summed E-state index contributed by atoms with van der Waals surface area (Å²) in [6.07, 6.45) is 6.25. The topological polar surface area (TPSA) is 20.2 Å². The first kappa shape index (κ1) is 13.9. The molecule has 0 heterocycles. The Hall–Kier alpha value is -1.50. The number of hydrogen-bond acceptors (Lipinski definition) is 1. The lowest BCUT2D eigenvalue weighted by molar-refractivity contribution is 0.449. The lowest BCUT2D eigenvalue weighted by Crippen LogP contribution is -2.03. The number of rotatable bonds is 6. The molecule has 0 aliphatic carbocycles. The predicted octanol–water partition coefficient (Wildman–Crippen LogP) is 5.30. The lowest BCUT2D eigenvalue weighted by atomic mass is 9.89. The summed E-state index contributed by atoms with van der Waals surface area (Å²) in [5.74, 6) is 1.15. The van der Waals surface area contributed by atoms with Gasteiger partial charge in [0, 0.05) is 5.39 Å². The Morgan fingerprint density at radius 3 is 2.42 bits per heavy atom. The van der Waals surface area contributed by atoms with E-state index in [1.807, 2.05) is 18.2 Å². The van der Waals surface area contributed by atoms with Gasteiger partial charge in [-0.25, -0.2) is 0 Å². The molecule has 0 spiro atoms. The standard InChI is InChI=1S/C18H24O/c1-3-5-8-14(4-2)13-15-11-12-18(19)17-10-7-6-9-16(15)17/h6-7,9-12,14,19H,3-5,8,13H2,1-2H3. The molecule has 102 valence electrons. The molecular formula is C18H24O. The minimum absolute atomic E-state index is 0.390. The molecule has 2 aromatic rings. The van der Waals surface area contributed by atoms with Gasteiger partial charge in [0.2, 0.25) is 0 Å². The van der Waals surface area contributed by atoms with Crippen LogP contribution in [0, 0.1) is 5.92 Å². The summed E-state index contributed by atoms with van der Waals surface area (Å²) < 4.78 is 0. The fourth-order valence-electron chi connectivity index (χ4n) is 2.78. The summed E-state index contributed by atoms with van der Waals surface area (Å²) in [6, 6.07) is 12.1. The molecule has 0 aliphatic rings. The van der Waals surface area contributed by atoms with Gasteiger partial charge in [-0.1, -0.05) is 69.9 Å². The number of phenols is 1. The zero-order valence-corrected chi connectivity index (χ0v) is 12.0. The molecule has 0 radical (unpaired) electrons. The molecule has 2 rings (SSSR count). The first-order valence-corrected chi connectivity index (χ1v) is 7.45. The highest BCUT2D eigenvalue weighted by atomic mass is 16.3. The van der Waals surface area contributed by atoms with Crippen molar-refractivity contribution in [1.82, 2.24) is 0 Å². The van der Waals surface area contributed by atoms with E-state index in [0.717, 1.165) is 17.7 Å². The third-order valence-corrected chi connectivity index (χ3v) is 4.04. The maximum atomic E-state index is 9.93. The van der Waals surface area contributed by atoms with Crippen molar-refractivity contribution >= 4 is 10.8 Å². The van der Waals surface area contributed by atoms with Crippen LogP contribution in [-0.4, -0.2) is 5.11 Å². The Bertz CT molecular complexity index is 530. The maximum absolute atomic E-state index is 9.93. The van der Waals surface area contributed by atoms with E-state index in [1.54, 1.807) is 0 Å². The van der Waals surface area contributed by atoms with Crippen molar-refractivity contribution in [1.29, 1.82) is 0 Å². The van der Waals surface area contributed by atoms with Crippen LogP contribution in [0.25, 0.3) is 10.8 Å². The van der Waals surface area contributed by atoms with E-state index in [1.165, 1.54) is 36.6 Å². The van der Waals surface area contributed by atoms with Crippen molar-refractivity contribution in [2.75, 3.05) is 0 Å². The van der Waals surface area contributed by atoms with Gasteiger partial charge in [0.05, 0.1) is 0 Å². The molecule has 19 heavy (non-hydrogen) atoms. The largest absolute Gasteiger partial charge is 0.507 e. The van der Waals surface area contributed by atoms with E-state index in [-0.39, 0.29) is 0 Å². The summed E-state index contributed by atoms with van der Waals surface area (Å²) in [6.45, 7) is 4.53. The van der Waals surface area contributed by atoms with Crippen LogP contribution in [0.15, 0.2) is 36.4 Å². The molecule has 2 aromatic carbocycles. The van der Waals surface area contributed by atoms with Crippen molar-refractivity contribution < 1.29 is 5.11 Å². The molecule has 1 unspecified atom stereocenters. The molecule has 0 aromatic heterocycles. The van der Waals surface area contributed by atoms with E-state index < -0.39 is 0 Å². The number of benzene rings is 2. The van der Waals surface area contributed by atoms with Crippen LogP contribution in [0.5, 0.6) is 5.75 Å². The van der Waals surface area contributed by atoms with E-state index in [2.05, 4.69) is 32.0 Å². The fraction of sp³-hybridized carbons (Fsp3) is 0.444. The third-order valence-electron chi connectivity index (χ3n) is 4.04. The predicted molar refractivity (Wildman–Crippen MR) is 82.6 cm³/mol. The van der Waals surface area contributed by atoms with Gasteiger partial charge in [-0.05, 0) is 29.4 Å². The van der Waals surface area contributed by atoms with E-state index in [9.17, 15) is 5.11 Å². The van der Waals surface area contributed by atoms with Gasteiger partial charge in [0.15, 0.2) is 0 Å². The van der Waals surface area contributed by atoms with Gasteiger partial charge in [0.1, 0.15) is 5.75 Å². The summed E-state index contributed by atoms with van der Waals surface area (Å²) in [5.41, 5.74) is 1.37. The van der Waals surface area contributed by atoms with Gasteiger partial charge in [-0.3, -0.25) is 0 Å². The lowest BCUT2D eigenvalue weighted by Gasteiger charge is -2.16. The summed E-state index contributed by atoms with van der Waals surface area (Å²) >= 11 is 0. The van der Waals surface area contributed by atoms with Gasteiger partial charge < -0.3 is 5.11 Å². The molecule has 1 heteroatoms. The molecule has 0 fully saturated rings. The van der Waals surface area contributed by atoms with E-state index >= 15 is 0 Å². The zero-order valence-electron chi connectivity index (χ0n) is 12.0. The second-order valence-electron chi connectivity index (χ2n) is 5.41. The number of hydrogen-bond donors (Lipinski definition) is 1. The SMILES string of the molecule is CCCCC(CC)Cc1ccc(O)c2ccccc12. The Balaban J connectivity index is 2.27. The molecule has 1 nitrogen and oxygen atoms in total. The summed E-state index contributed by atoms with van der Waals surface area (Å²) in [4.78, 5) is 0. The second-order valence-corrected chi connectivity index (χ2v) is 5.41. The minimum Gasteiger partial charge on any atom is -0.507 e. The van der Waals surface area contributed by atoms with Crippen LogP contribution >= 0.6 is 0 Å². The normalized spacial score (nSPS) is 12.7. The van der Waals surface area contributed by atoms with Crippen LogP contribution in [0.1, 0.15) is 45.1 Å². The van der Waals surface area contributed by atoms with Gasteiger partial charge in [-0.2, -0.15) is 0 Å². The molecule has 1 atom stereocenters. The first-order valence-electron chi connectivity index (χ1n) is 7.45. The number of fused-ring (bicyclic) bond motifs is 1. The van der Waals surface area contributed by atoms with Gasteiger partial charge in [0.25, 0.3) is 0 Å². The molecule has 0 bridgehead atoms. The molecule has 0 saturated carbocycles. The number of aromatic hydroxyl groups is 1. The molecule has 0 amide bonds. The molecule has 0 aliphatic heterocycles. The molecular weight excluding hydrogens is 232 g/mol. The minimum atomic E-state index is 0.390. The number of phenolic OH excluding ortho intramolecular Hbond substituents is 1. The molecule has 1 N–H and O–H groups in total. The van der Waals surface area contributed by atoms with Gasteiger partial charge in [-0.15, -0.1) is 0 Å². The van der Waals surface area contributed by atoms with Crippen molar-refractivity contribution in [2.24, 2.45) is 5.92 Å². The Labute approximate surface area is 116 Å². The quantitative estimate of drug-likeness (QED) is 0.743. The van der Waals surface area contributed by atoms with Crippen LogP contribution in [0.4, 0.5) is 0 Å². The van der Waals surface area contributed by atoms with Crippen LogP contribution < -0.4 is 0 Å². The zero-order chi connectivity index (χ0) is 13.7. The Morgan fingerprint density at radius 1 is 1.00 bits per heavy atom. The van der Waals surface area contributed by atoms with Crippen LogP contribution in [0.3, 0.4) is 0 Å². The fourth-order valence-corrected chi connectivity index (χ4v) is 2.78. The van der Waals surface area contributed by atoms with Crippen LogP contribution in [-0.2, 0) is 6.42 Å². The maximum Gasteiger partial charge on any atom is 0.123 e. The average molecular weight is 256 g/mol. The smallest absolute Gasteiger partial charge is 0.123 e. The van der Waals surface area contributed by atoms with E-state index in [0.29, 0.717) is 5.75 Å². The van der Waals surface area contributed by atoms with E-state index in [4.69, 9.17) is 0 Å². The first-order chi connectivity index (χ1) is 9.26. The Kier molecular flexibility index (Phi) is 4.84. The third kappa shape index (κ3) is 3.28. The van der Waals surface area contributed by atoms with Crippen molar-refractivity contribution in [3.05, 3.63) is 42.0 Å². The summed E-state index contributed by atoms with van der Waals surface area (Å²) in [5, 5.41) is 12.1. The monoisotopic (exact) mass is 256 g/mol. The van der Waals surface area contributed by atoms with Crippen LogP contribution in [0.2, 0.25) is 0 Å². The van der Waals surface area contributed by atoms with Crippen molar-refractivity contribution in [3.8, 4) is 5.75 Å².